The number of hydrogen-bond acceptors (Lipinski definition) is 3. The lowest BCUT2D eigenvalue weighted by atomic mass is 10.9. The van der Waals surface area contributed by atoms with Crippen molar-refractivity contribution in [1.82, 2.24) is 0 Å². The van der Waals surface area contributed by atoms with Crippen LogP contribution in [-0.4, -0.2) is 12.2 Å². The largest absolute Gasteiger partial charge is 0.424 e. The first kappa shape index (κ1) is 8.06. The van der Waals surface area contributed by atoms with E-state index in [4.69, 9.17) is 20.3 Å². The molecule has 0 radical (unpaired) electrons. The van der Waals surface area contributed by atoms with Crippen molar-refractivity contribution in [1.29, 1.82) is 0 Å². The molecule has 0 saturated heterocycles. The molecule has 2 aliphatic rings. The zero-order chi connectivity index (χ0) is 7.90. The van der Waals surface area contributed by atoms with Gasteiger partial charge >= 0.3 is 6.95 Å². The molecule has 0 aliphatic heterocycles. The second kappa shape index (κ2) is 2.74. The van der Waals surface area contributed by atoms with Crippen LogP contribution in [0.1, 0.15) is 25.7 Å². The fourth-order valence-electron chi connectivity index (χ4n) is 0.728. The van der Waals surface area contributed by atoms with Crippen LogP contribution in [0.3, 0.4) is 0 Å². The van der Waals surface area contributed by atoms with Gasteiger partial charge in [-0.1, -0.05) is 0 Å². The molecule has 2 rings (SSSR count). The van der Waals surface area contributed by atoms with Gasteiger partial charge in [0.15, 0.2) is 0 Å². The third kappa shape index (κ3) is 2.75. The van der Waals surface area contributed by atoms with Gasteiger partial charge < -0.3 is 0 Å². The molecule has 11 heavy (non-hydrogen) atoms. The Balaban J connectivity index is 1.80. The number of halogens is 1. The van der Waals surface area contributed by atoms with Gasteiger partial charge in [0.2, 0.25) is 0 Å². The molecule has 0 aromatic rings. The van der Waals surface area contributed by atoms with Gasteiger partial charge in [-0.2, -0.15) is 0 Å². The molecule has 3 nitrogen and oxygen atoms in total. The van der Waals surface area contributed by atoms with E-state index in [1.165, 1.54) is 0 Å². The molecule has 2 saturated carbocycles. The Morgan fingerprint density at radius 1 is 1.09 bits per heavy atom. The van der Waals surface area contributed by atoms with Gasteiger partial charge in [0, 0.05) is 11.2 Å². The predicted octanol–water partition coefficient (Wildman–Crippen LogP) is 2.69. The normalized spacial score (nSPS) is 25.5. The third-order valence-corrected chi connectivity index (χ3v) is 3.18. The smallest absolute Gasteiger partial charge is 0.294 e. The molecule has 0 aromatic carbocycles. The van der Waals surface area contributed by atoms with E-state index in [0.717, 1.165) is 25.7 Å². The molecule has 64 valence electrons. The highest BCUT2D eigenvalue weighted by Crippen LogP contribution is 2.60. The number of hydrogen-bond donors (Lipinski definition) is 0. The SMILES string of the molecule is O=P(Cl)(OC1CC1)OC1CC1. The molecule has 0 atom stereocenters. The third-order valence-electron chi connectivity index (χ3n) is 1.60. The second-order valence-corrected chi connectivity index (χ2v) is 5.57. The van der Waals surface area contributed by atoms with Gasteiger partial charge in [-0.3, -0.25) is 9.05 Å². The highest BCUT2D eigenvalue weighted by atomic mass is 35.7. The fraction of sp³-hybridized carbons (Fsp3) is 1.00. The zero-order valence-electron chi connectivity index (χ0n) is 6.03. The van der Waals surface area contributed by atoms with Crippen molar-refractivity contribution in [2.24, 2.45) is 0 Å². The van der Waals surface area contributed by atoms with E-state index in [-0.39, 0.29) is 12.2 Å². The highest BCUT2D eigenvalue weighted by molar-refractivity contribution is 7.81. The van der Waals surface area contributed by atoms with E-state index in [1.807, 2.05) is 0 Å². The van der Waals surface area contributed by atoms with Crippen molar-refractivity contribution in [3.05, 3.63) is 0 Å². The quantitative estimate of drug-likeness (QED) is 0.649. The van der Waals surface area contributed by atoms with Crippen LogP contribution in [-0.2, 0) is 13.6 Å². The van der Waals surface area contributed by atoms with Crippen molar-refractivity contribution in [2.75, 3.05) is 0 Å². The molecule has 0 unspecified atom stereocenters. The average Bonchev–Trinajstić information content (AvgIpc) is 2.60. The topological polar surface area (TPSA) is 35.5 Å². The van der Waals surface area contributed by atoms with Crippen LogP contribution in [0.5, 0.6) is 0 Å². The molecule has 0 bridgehead atoms. The van der Waals surface area contributed by atoms with E-state index >= 15 is 0 Å². The van der Waals surface area contributed by atoms with Gasteiger partial charge in [0.05, 0.1) is 12.2 Å². The fourth-order valence-corrected chi connectivity index (χ4v) is 2.59. The highest BCUT2D eigenvalue weighted by Gasteiger charge is 2.38. The van der Waals surface area contributed by atoms with Crippen molar-refractivity contribution in [3.8, 4) is 0 Å². The van der Waals surface area contributed by atoms with Gasteiger partial charge in [-0.15, -0.1) is 0 Å². The molecule has 0 aromatic heterocycles. The molecule has 2 aliphatic carbocycles. The monoisotopic (exact) mass is 196 g/mol. The number of rotatable bonds is 4. The first-order valence-corrected chi connectivity index (χ1v) is 6.27. The Hall–Kier alpha value is 0.440. The Kier molecular flexibility index (Phi) is 2.00. The van der Waals surface area contributed by atoms with Crippen LogP contribution in [0.25, 0.3) is 0 Å². The molecule has 5 heteroatoms. The van der Waals surface area contributed by atoms with E-state index in [9.17, 15) is 4.57 Å². The van der Waals surface area contributed by atoms with Gasteiger partial charge in [0.25, 0.3) is 0 Å². The van der Waals surface area contributed by atoms with Crippen molar-refractivity contribution in [3.63, 3.8) is 0 Å². The minimum Gasteiger partial charge on any atom is -0.294 e. The summed E-state index contributed by atoms with van der Waals surface area (Å²) in [6.07, 6.45) is 4.04. The van der Waals surface area contributed by atoms with Crippen molar-refractivity contribution in [2.45, 2.75) is 37.9 Å². The zero-order valence-corrected chi connectivity index (χ0v) is 7.68. The molecule has 2 fully saturated rings. The van der Waals surface area contributed by atoms with Crippen molar-refractivity contribution >= 4 is 18.2 Å². The van der Waals surface area contributed by atoms with Crippen LogP contribution < -0.4 is 0 Å². The maximum absolute atomic E-state index is 11.2. The van der Waals surface area contributed by atoms with Gasteiger partial charge in [-0.05, 0) is 25.7 Å². The maximum atomic E-state index is 11.2. The van der Waals surface area contributed by atoms with Crippen LogP contribution >= 0.6 is 18.2 Å². The Morgan fingerprint density at radius 3 is 1.73 bits per heavy atom. The molecule has 0 spiro atoms. The van der Waals surface area contributed by atoms with E-state index < -0.39 is 6.95 Å². The lowest BCUT2D eigenvalue weighted by Crippen LogP contribution is -1.93. The molecule has 0 amide bonds. The second-order valence-electron chi connectivity index (χ2n) is 3.04. The van der Waals surface area contributed by atoms with Crippen LogP contribution in [0.15, 0.2) is 0 Å². The Labute approximate surface area is 70.3 Å². The predicted molar refractivity (Wildman–Crippen MR) is 41.7 cm³/mol. The van der Waals surface area contributed by atoms with E-state index in [0.29, 0.717) is 0 Å². The minimum absolute atomic E-state index is 0.0945. The van der Waals surface area contributed by atoms with Crippen LogP contribution in [0.4, 0.5) is 0 Å². The summed E-state index contributed by atoms with van der Waals surface area (Å²) >= 11 is 5.52. The average molecular weight is 197 g/mol. The summed E-state index contributed by atoms with van der Waals surface area (Å²) in [7, 11) is 0. The summed E-state index contributed by atoms with van der Waals surface area (Å²) in [5.74, 6) is 0. The molecular weight excluding hydrogens is 186 g/mol. The first-order chi connectivity index (χ1) is 5.16. The molecule has 0 heterocycles. The first-order valence-electron chi connectivity index (χ1n) is 3.82. The summed E-state index contributed by atoms with van der Waals surface area (Å²) in [5, 5.41) is 0. The minimum atomic E-state index is -3.21. The molecular formula is C6H10ClO3P. The standard InChI is InChI=1S/C6H10ClO3P/c7-11(8,9-5-1-2-5)10-6-3-4-6/h5-6H,1-4H2. The summed E-state index contributed by atoms with van der Waals surface area (Å²) in [6.45, 7) is -3.21. The maximum Gasteiger partial charge on any atom is 0.424 e. The van der Waals surface area contributed by atoms with Crippen LogP contribution in [0, 0.1) is 0 Å². The Bertz CT molecular complexity index is 182. The van der Waals surface area contributed by atoms with E-state index in [1.54, 1.807) is 0 Å². The summed E-state index contributed by atoms with van der Waals surface area (Å²) in [5.41, 5.74) is 0. The van der Waals surface area contributed by atoms with Crippen LogP contribution in [0.2, 0.25) is 0 Å². The van der Waals surface area contributed by atoms with Gasteiger partial charge in [0.1, 0.15) is 0 Å². The van der Waals surface area contributed by atoms with E-state index in [2.05, 4.69) is 0 Å². The Morgan fingerprint density at radius 2 is 1.45 bits per heavy atom. The van der Waals surface area contributed by atoms with Crippen molar-refractivity contribution < 1.29 is 13.6 Å². The lowest BCUT2D eigenvalue weighted by Gasteiger charge is -2.09. The lowest BCUT2D eigenvalue weighted by molar-refractivity contribution is 0.204. The summed E-state index contributed by atoms with van der Waals surface area (Å²) in [4.78, 5) is 0. The molecule has 0 N–H and O–H groups in total. The summed E-state index contributed by atoms with van der Waals surface area (Å²) in [6, 6.07) is 0. The van der Waals surface area contributed by atoms with Gasteiger partial charge in [-0.25, -0.2) is 4.57 Å². The summed E-state index contributed by atoms with van der Waals surface area (Å²) < 4.78 is 21.2.